The van der Waals surface area contributed by atoms with Gasteiger partial charge in [-0.05, 0) is 44.0 Å². The van der Waals surface area contributed by atoms with Gasteiger partial charge in [0.2, 0.25) is 0 Å². The van der Waals surface area contributed by atoms with Crippen LogP contribution in [0, 0.1) is 0 Å². The molecule has 0 amide bonds. The van der Waals surface area contributed by atoms with Crippen molar-refractivity contribution < 1.29 is 4.79 Å². The van der Waals surface area contributed by atoms with Crippen molar-refractivity contribution in [1.82, 2.24) is 0 Å². The van der Waals surface area contributed by atoms with E-state index in [0.717, 1.165) is 35.0 Å². The summed E-state index contributed by atoms with van der Waals surface area (Å²) in [5.41, 5.74) is 1.83. The van der Waals surface area contributed by atoms with Gasteiger partial charge in [0.05, 0.1) is 5.54 Å². The van der Waals surface area contributed by atoms with Crippen molar-refractivity contribution in [2.75, 3.05) is 11.1 Å². The number of rotatable bonds is 4. The van der Waals surface area contributed by atoms with Gasteiger partial charge < -0.3 is 5.32 Å². The van der Waals surface area contributed by atoms with Crippen LogP contribution in [0.1, 0.15) is 44.0 Å². The third-order valence-electron chi connectivity index (χ3n) is 3.68. The number of benzene rings is 1. The first-order valence-corrected chi connectivity index (χ1v) is 7.68. The minimum absolute atomic E-state index is 0.0927. The second-order valence-corrected chi connectivity index (χ2v) is 5.86. The second kappa shape index (κ2) is 5.78. The number of hydrogen-bond donors (Lipinski definition) is 1. The highest BCUT2D eigenvalue weighted by atomic mass is 32.2. The Hall–Kier alpha value is -1.29. The summed E-state index contributed by atoms with van der Waals surface area (Å²) >= 11 is 1.78. The number of carbonyl (C=O) groups excluding carboxylic acids is 1. The lowest BCUT2D eigenvalue weighted by molar-refractivity contribution is 0.101. The molecule has 19 heavy (non-hydrogen) atoms. The van der Waals surface area contributed by atoms with Gasteiger partial charge in [0.1, 0.15) is 0 Å². The van der Waals surface area contributed by atoms with Crippen LogP contribution < -0.4 is 5.32 Å². The molecule has 0 aromatic heterocycles. The normalized spacial score (nSPS) is 17.1. The van der Waals surface area contributed by atoms with Gasteiger partial charge >= 0.3 is 0 Å². The highest BCUT2D eigenvalue weighted by molar-refractivity contribution is 8.14. The Morgan fingerprint density at radius 3 is 2.42 bits per heavy atom. The summed E-state index contributed by atoms with van der Waals surface area (Å²) in [5, 5.41) is 4.32. The van der Waals surface area contributed by atoms with Crippen LogP contribution in [0.5, 0.6) is 0 Å². The van der Waals surface area contributed by atoms with Crippen molar-refractivity contribution in [3.63, 3.8) is 0 Å². The summed E-state index contributed by atoms with van der Waals surface area (Å²) in [5.74, 6) is 1.14. The van der Waals surface area contributed by atoms with Crippen LogP contribution in [0.2, 0.25) is 0 Å². The summed E-state index contributed by atoms with van der Waals surface area (Å²) in [6.45, 7) is 5.96. The van der Waals surface area contributed by atoms with E-state index in [4.69, 9.17) is 4.99 Å². The van der Waals surface area contributed by atoms with Gasteiger partial charge in [-0.15, -0.1) is 0 Å². The molecular formula is C15H20N2OS. The molecule has 3 nitrogen and oxygen atoms in total. The molecule has 0 bridgehead atoms. The molecule has 1 aromatic carbocycles. The number of hydrogen-bond acceptors (Lipinski definition) is 4. The van der Waals surface area contributed by atoms with Crippen molar-refractivity contribution >= 4 is 28.4 Å². The monoisotopic (exact) mass is 276 g/mol. The topological polar surface area (TPSA) is 41.5 Å². The highest BCUT2D eigenvalue weighted by Crippen LogP contribution is 2.33. The standard InChI is InChI=1S/C15H20N2OS/c1-4-15(5-2)10-19-14(17-15)16-13-8-6-12(7-9-13)11(3)18/h6-9H,4-5,10H2,1-3H3,(H,16,17). The fraction of sp³-hybridized carbons (Fsp3) is 0.467. The number of anilines is 1. The summed E-state index contributed by atoms with van der Waals surface area (Å²) in [6.07, 6.45) is 2.15. The molecule has 0 unspecified atom stereocenters. The molecule has 102 valence electrons. The first-order chi connectivity index (χ1) is 9.08. The van der Waals surface area contributed by atoms with Gasteiger partial charge in [-0.25, -0.2) is 0 Å². The van der Waals surface area contributed by atoms with Crippen molar-refractivity contribution in [3.8, 4) is 0 Å². The van der Waals surface area contributed by atoms with Crippen LogP contribution in [0.3, 0.4) is 0 Å². The van der Waals surface area contributed by atoms with E-state index in [0.29, 0.717) is 0 Å². The Morgan fingerprint density at radius 1 is 1.32 bits per heavy atom. The maximum Gasteiger partial charge on any atom is 0.161 e. The maximum absolute atomic E-state index is 11.2. The van der Waals surface area contributed by atoms with Crippen LogP contribution in [-0.4, -0.2) is 22.2 Å². The van der Waals surface area contributed by atoms with Crippen LogP contribution in [0.25, 0.3) is 0 Å². The fourth-order valence-electron chi connectivity index (χ4n) is 2.07. The van der Waals surface area contributed by atoms with E-state index in [2.05, 4.69) is 19.2 Å². The van der Waals surface area contributed by atoms with E-state index in [1.54, 1.807) is 18.7 Å². The van der Waals surface area contributed by atoms with E-state index in [-0.39, 0.29) is 11.3 Å². The molecule has 0 saturated heterocycles. The van der Waals surface area contributed by atoms with Gasteiger partial charge in [-0.3, -0.25) is 9.79 Å². The zero-order valence-corrected chi connectivity index (χ0v) is 12.5. The maximum atomic E-state index is 11.2. The molecule has 1 aliphatic heterocycles. The quantitative estimate of drug-likeness (QED) is 0.846. The van der Waals surface area contributed by atoms with Gasteiger partial charge in [0.15, 0.2) is 11.0 Å². The van der Waals surface area contributed by atoms with Gasteiger partial charge in [-0.2, -0.15) is 0 Å². The molecule has 0 fully saturated rings. The van der Waals surface area contributed by atoms with Gasteiger partial charge in [-0.1, -0.05) is 25.6 Å². The van der Waals surface area contributed by atoms with Crippen molar-refractivity contribution in [3.05, 3.63) is 29.8 Å². The largest absolute Gasteiger partial charge is 0.335 e. The molecule has 4 heteroatoms. The van der Waals surface area contributed by atoms with Crippen LogP contribution in [0.15, 0.2) is 29.3 Å². The lowest BCUT2D eigenvalue weighted by Crippen LogP contribution is -2.24. The molecule has 0 saturated carbocycles. The third-order valence-corrected chi connectivity index (χ3v) is 4.82. The Morgan fingerprint density at radius 2 is 1.95 bits per heavy atom. The zero-order chi connectivity index (χ0) is 13.9. The van der Waals surface area contributed by atoms with E-state index >= 15 is 0 Å². The predicted octanol–water partition coefficient (Wildman–Crippen LogP) is 3.96. The van der Waals surface area contributed by atoms with Crippen LogP contribution in [0.4, 0.5) is 5.69 Å². The highest BCUT2D eigenvalue weighted by Gasteiger charge is 2.31. The molecule has 1 heterocycles. The molecule has 0 aliphatic carbocycles. The number of ketones is 1. The SMILES string of the molecule is CCC1(CC)CSC(Nc2ccc(C(C)=O)cc2)=N1. The fourth-order valence-corrected chi connectivity index (χ4v) is 3.40. The minimum atomic E-state index is 0.0927. The number of carbonyl (C=O) groups is 1. The molecule has 2 rings (SSSR count). The molecule has 1 aromatic rings. The van der Waals surface area contributed by atoms with Crippen LogP contribution >= 0.6 is 11.8 Å². The predicted molar refractivity (Wildman–Crippen MR) is 83.3 cm³/mol. The summed E-state index contributed by atoms with van der Waals surface area (Å²) in [6, 6.07) is 7.55. The first kappa shape index (κ1) is 14.1. The van der Waals surface area contributed by atoms with Crippen molar-refractivity contribution in [1.29, 1.82) is 0 Å². The van der Waals surface area contributed by atoms with E-state index in [1.807, 2.05) is 24.3 Å². The second-order valence-electron chi connectivity index (χ2n) is 4.90. The number of aliphatic imine (C=N–C) groups is 1. The Bertz CT molecular complexity index is 489. The summed E-state index contributed by atoms with van der Waals surface area (Å²) in [7, 11) is 0. The number of nitrogens with one attached hydrogen (secondary N) is 1. The van der Waals surface area contributed by atoms with E-state index in [1.165, 1.54) is 0 Å². The lowest BCUT2D eigenvalue weighted by atomic mass is 9.97. The lowest BCUT2D eigenvalue weighted by Gasteiger charge is -2.20. The number of nitrogens with zero attached hydrogens (tertiary/aromatic N) is 1. The Balaban J connectivity index is 2.08. The van der Waals surface area contributed by atoms with Gasteiger partial charge in [0.25, 0.3) is 0 Å². The van der Waals surface area contributed by atoms with E-state index in [9.17, 15) is 4.79 Å². The molecule has 1 aliphatic rings. The molecule has 0 atom stereocenters. The van der Waals surface area contributed by atoms with Crippen LogP contribution in [-0.2, 0) is 0 Å². The molecule has 1 N–H and O–H groups in total. The summed E-state index contributed by atoms with van der Waals surface area (Å²) in [4.78, 5) is 16.0. The third kappa shape index (κ3) is 3.18. The average molecular weight is 276 g/mol. The van der Waals surface area contributed by atoms with E-state index < -0.39 is 0 Å². The Kier molecular flexibility index (Phi) is 4.30. The van der Waals surface area contributed by atoms with Crippen molar-refractivity contribution in [2.24, 2.45) is 4.99 Å². The smallest absolute Gasteiger partial charge is 0.161 e. The minimum Gasteiger partial charge on any atom is -0.335 e. The van der Waals surface area contributed by atoms with Gasteiger partial charge in [0, 0.05) is 17.0 Å². The number of thioether (sulfide) groups is 1. The summed E-state index contributed by atoms with van der Waals surface area (Å²) < 4.78 is 0. The molecular weight excluding hydrogens is 256 g/mol. The average Bonchev–Trinajstić information content (AvgIpc) is 2.83. The molecule has 0 spiro atoms. The number of Topliss-reactive ketones (excluding diaryl/α,β-unsaturated/α-hetero) is 1. The number of amidine groups is 1. The zero-order valence-electron chi connectivity index (χ0n) is 11.7. The first-order valence-electron chi connectivity index (χ1n) is 6.69. The Labute approximate surface area is 118 Å². The van der Waals surface area contributed by atoms with Crippen molar-refractivity contribution in [2.45, 2.75) is 39.2 Å². The molecule has 0 radical (unpaired) electrons.